The van der Waals surface area contributed by atoms with E-state index in [4.69, 9.17) is 20.1 Å². The van der Waals surface area contributed by atoms with Crippen molar-refractivity contribution in [3.8, 4) is 0 Å². The van der Waals surface area contributed by atoms with Crippen LogP contribution in [0.5, 0.6) is 0 Å². The van der Waals surface area contributed by atoms with Gasteiger partial charge in [-0.2, -0.15) is 0 Å². The van der Waals surface area contributed by atoms with Gasteiger partial charge in [-0.3, -0.25) is 0 Å². The predicted octanol–water partition coefficient (Wildman–Crippen LogP) is 6.19. The molecule has 125 valence electrons. The zero-order chi connectivity index (χ0) is 16.9. The number of halogens is 2. The normalized spacial score (nSPS) is 16.8. The quantitative estimate of drug-likeness (QED) is 0.586. The van der Waals surface area contributed by atoms with Crippen LogP contribution in [-0.2, 0) is 12.5 Å². The molecule has 1 aliphatic carbocycles. The SMILES string of the molecule is CC(C=C(CC(C)(C)C1=CC=CC1)c1ccccc1)[NH][Cr]([Cl])[Cl]. The predicted molar refractivity (Wildman–Crippen MR) is 99.0 cm³/mol. The zero-order valence-corrected chi connectivity index (χ0v) is 16.6. The number of allylic oxidation sites excluding steroid dienone is 5. The Balaban J connectivity index is 2.25. The van der Waals surface area contributed by atoms with E-state index >= 15 is 0 Å². The monoisotopic (exact) mass is 388 g/mol. The molecule has 0 aromatic heterocycles. The van der Waals surface area contributed by atoms with E-state index in [1.165, 1.54) is 16.7 Å². The van der Waals surface area contributed by atoms with Crippen LogP contribution < -0.4 is 4.30 Å². The Morgan fingerprint density at radius 1 is 1.30 bits per heavy atom. The topological polar surface area (TPSA) is 12.0 Å². The summed E-state index contributed by atoms with van der Waals surface area (Å²) in [6, 6.07) is 10.7. The molecular formula is C19H24Cl2CrN. The fourth-order valence-corrected chi connectivity index (χ4v) is 4.63. The molecule has 0 heterocycles. The van der Waals surface area contributed by atoms with Crippen LogP contribution in [0.15, 0.2) is 60.2 Å². The molecule has 0 amide bonds. The molecule has 0 spiro atoms. The van der Waals surface area contributed by atoms with Gasteiger partial charge in [0.05, 0.1) is 0 Å². The molecule has 4 heteroatoms. The number of hydrogen-bond donors (Lipinski definition) is 1. The molecule has 1 aromatic rings. The van der Waals surface area contributed by atoms with Crippen LogP contribution in [0.1, 0.15) is 39.2 Å². The zero-order valence-electron chi connectivity index (χ0n) is 13.9. The number of benzene rings is 1. The number of nitrogens with one attached hydrogen (secondary N) is 1. The van der Waals surface area contributed by atoms with Crippen LogP contribution in [0, 0.1) is 5.41 Å². The Morgan fingerprint density at radius 3 is 2.57 bits per heavy atom. The van der Waals surface area contributed by atoms with Gasteiger partial charge in [-0.1, -0.05) is 0 Å². The Bertz CT molecular complexity index is 603. The van der Waals surface area contributed by atoms with E-state index in [0.29, 0.717) is 0 Å². The van der Waals surface area contributed by atoms with Crippen molar-refractivity contribution in [3.63, 3.8) is 0 Å². The van der Waals surface area contributed by atoms with E-state index in [0.717, 1.165) is 12.8 Å². The molecule has 1 atom stereocenters. The second kappa shape index (κ2) is 8.56. The summed E-state index contributed by atoms with van der Waals surface area (Å²) in [5.41, 5.74) is 4.22. The van der Waals surface area contributed by atoms with Crippen molar-refractivity contribution in [1.29, 1.82) is 0 Å². The maximum absolute atomic E-state index is 5.97. The minimum atomic E-state index is -1.70. The molecule has 0 bridgehead atoms. The molecule has 0 radical (unpaired) electrons. The summed E-state index contributed by atoms with van der Waals surface area (Å²) in [6.45, 7) is 6.74. The van der Waals surface area contributed by atoms with Crippen molar-refractivity contribution in [3.05, 3.63) is 65.8 Å². The first-order valence-electron chi connectivity index (χ1n) is 7.84. The molecule has 0 aliphatic heterocycles. The third kappa shape index (κ3) is 5.82. The molecule has 1 N–H and O–H groups in total. The van der Waals surface area contributed by atoms with E-state index in [-0.39, 0.29) is 11.5 Å². The average Bonchev–Trinajstić information content (AvgIpc) is 3.01. The Hall–Kier alpha value is -0.488. The van der Waals surface area contributed by atoms with E-state index in [9.17, 15) is 0 Å². The van der Waals surface area contributed by atoms with E-state index in [1.807, 2.05) is 0 Å². The molecule has 0 saturated carbocycles. The van der Waals surface area contributed by atoms with Crippen LogP contribution in [0.25, 0.3) is 5.57 Å². The van der Waals surface area contributed by atoms with Crippen LogP contribution in [0.2, 0.25) is 0 Å². The Kier molecular flexibility index (Phi) is 7.02. The van der Waals surface area contributed by atoms with Gasteiger partial charge in [-0.15, -0.1) is 0 Å². The molecule has 0 saturated heterocycles. The first-order valence-corrected chi connectivity index (χ1v) is 12.0. The van der Waals surface area contributed by atoms with Gasteiger partial charge in [-0.05, 0) is 0 Å². The van der Waals surface area contributed by atoms with E-state index < -0.39 is 12.5 Å². The van der Waals surface area contributed by atoms with Crippen molar-refractivity contribution in [2.75, 3.05) is 0 Å². The van der Waals surface area contributed by atoms with Crippen molar-refractivity contribution in [2.45, 2.75) is 39.7 Å². The molecule has 1 aromatic carbocycles. The third-order valence-electron chi connectivity index (χ3n) is 4.14. The first-order chi connectivity index (χ1) is 10.9. The summed E-state index contributed by atoms with van der Waals surface area (Å²) in [5, 5.41) is 0. The Labute approximate surface area is 153 Å². The average molecular weight is 389 g/mol. The van der Waals surface area contributed by atoms with E-state index in [2.05, 4.69) is 79.7 Å². The summed E-state index contributed by atoms with van der Waals surface area (Å²) < 4.78 is 3.25. The van der Waals surface area contributed by atoms with Crippen molar-refractivity contribution in [2.24, 2.45) is 5.41 Å². The molecular weight excluding hydrogens is 365 g/mol. The van der Waals surface area contributed by atoms with Gasteiger partial charge in [0.15, 0.2) is 0 Å². The van der Waals surface area contributed by atoms with Gasteiger partial charge >= 0.3 is 153 Å². The van der Waals surface area contributed by atoms with E-state index in [1.54, 1.807) is 0 Å². The molecule has 23 heavy (non-hydrogen) atoms. The second-order valence-corrected chi connectivity index (χ2v) is 10.8. The molecule has 0 fully saturated rings. The molecule has 2 rings (SSSR count). The summed E-state index contributed by atoms with van der Waals surface area (Å²) in [5.74, 6) is 0. The summed E-state index contributed by atoms with van der Waals surface area (Å²) >= 11 is -1.70. The van der Waals surface area contributed by atoms with Gasteiger partial charge in [0, 0.05) is 0 Å². The maximum atomic E-state index is 5.97. The van der Waals surface area contributed by atoms with Gasteiger partial charge < -0.3 is 0 Å². The summed E-state index contributed by atoms with van der Waals surface area (Å²) in [4.78, 5) is 0. The van der Waals surface area contributed by atoms with Crippen LogP contribution in [-0.4, -0.2) is 6.04 Å². The molecule has 1 nitrogen and oxygen atoms in total. The number of rotatable bonds is 7. The van der Waals surface area contributed by atoms with Crippen LogP contribution >= 0.6 is 20.1 Å². The van der Waals surface area contributed by atoms with Gasteiger partial charge in [0.1, 0.15) is 0 Å². The Morgan fingerprint density at radius 2 is 2.00 bits per heavy atom. The first kappa shape index (κ1) is 18.8. The van der Waals surface area contributed by atoms with Crippen molar-refractivity contribution in [1.82, 2.24) is 4.30 Å². The third-order valence-corrected chi connectivity index (χ3v) is 5.74. The standard InChI is InChI=1S/C19H24N.2ClH.Cr/c1-15(20)13-17(16-9-5-4-6-10-16)14-19(2,3)18-11-7-8-12-18;;;/h4-11,13,15,20H,12,14H2,1-3H3;2*1H;/q-1;;;+3/p-2. The van der Waals surface area contributed by atoms with Crippen molar-refractivity contribution < 1.29 is 12.5 Å². The summed E-state index contributed by atoms with van der Waals surface area (Å²) in [7, 11) is 11.9. The fraction of sp³-hybridized carbons (Fsp3) is 0.368. The van der Waals surface area contributed by atoms with Crippen LogP contribution in [0.3, 0.4) is 0 Å². The number of hydrogen-bond acceptors (Lipinski definition) is 1. The van der Waals surface area contributed by atoms with Gasteiger partial charge in [-0.25, -0.2) is 0 Å². The van der Waals surface area contributed by atoms with Gasteiger partial charge in [0.2, 0.25) is 0 Å². The summed E-state index contributed by atoms with van der Waals surface area (Å²) in [6.07, 6.45) is 10.9. The minimum absolute atomic E-state index is 0.127. The second-order valence-electron chi connectivity index (χ2n) is 6.56. The van der Waals surface area contributed by atoms with Gasteiger partial charge in [0.25, 0.3) is 0 Å². The van der Waals surface area contributed by atoms with Crippen molar-refractivity contribution >= 4 is 25.7 Å². The fourth-order valence-electron chi connectivity index (χ4n) is 2.92. The molecule has 1 unspecified atom stereocenters. The molecule has 1 aliphatic rings. The van der Waals surface area contributed by atoms with Crippen LogP contribution in [0.4, 0.5) is 0 Å².